The molecule has 1 aliphatic heterocycles. The molecule has 1 aromatic carbocycles. The van der Waals surface area contributed by atoms with Gasteiger partial charge in [0.05, 0.1) is 68.9 Å². The van der Waals surface area contributed by atoms with Crippen LogP contribution in [0.2, 0.25) is 82.2 Å². The molecular weight excluding hydrogens is 1530 g/mol. The molecule has 17 rings (SSSR count). The van der Waals surface area contributed by atoms with Crippen molar-refractivity contribution in [1.29, 1.82) is 0 Å². The lowest BCUT2D eigenvalue weighted by atomic mass is 9.82. The summed E-state index contributed by atoms with van der Waals surface area (Å²) < 4.78 is 39.2. The van der Waals surface area contributed by atoms with Crippen molar-refractivity contribution >= 4 is 148 Å². The van der Waals surface area contributed by atoms with Crippen LogP contribution >= 0.6 is 11.6 Å². The van der Waals surface area contributed by atoms with E-state index in [0.717, 1.165) is 160 Å². The molecule has 0 atom stereocenters. The number of amides is 2. The summed E-state index contributed by atoms with van der Waals surface area (Å²) in [6, 6.07) is 33.7. The molecule has 1 aliphatic rings. The average Bonchev–Trinajstić information content (AvgIpc) is 1.60. The first-order valence-corrected chi connectivity index (χ1v) is 50.3. The van der Waals surface area contributed by atoms with E-state index >= 15 is 0 Å². The summed E-state index contributed by atoms with van der Waals surface area (Å²) in [7, 11) is -0.408. The lowest BCUT2D eigenvalue weighted by Gasteiger charge is -2.32. The molecule has 28 nitrogen and oxygen atoms in total. The summed E-state index contributed by atoms with van der Waals surface area (Å²) in [6.07, 6.45) is 25.2. The van der Waals surface area contributed by atoms with Gasteiger partial charge in [-0.05, 0) is 119 Å². The van der Waals surface area contributed by atoms with Crippen molar-refractivity contribution in [3.8, 4) is 33.8 Å². The van der Waals surface area contributed by atoms with Crippen molar-refractivity contribution in [2.75, 3.05) is 33.9 Å². The van der Waals surface area contributed by atoms with Crippen LogP contribution in [-0.4, -0.2) is 182 Å². The number of nitrogens with one attached hydrogen (secondary N) is 5. The minimum Gasteiger partial charge on any atom is -0.399 e. The molecule has 16 heterocycles. The van der Waals surface area contributed by atoms with Crippen LogP contribution in [0.1, 0.15) is 27.7 Å². The van der Waals surface area contributed by atoms with Gasteiger partial charge in [0.25, 0.3) is 0 Å². The van der Waals surface area contributed by atoms with Crippen LogP contribution in [0.4, 0.5) is 0 Å². The van der Waals surface area contributed by atoms with E-state index in [0.29, 0.717) is 25.3 Å². The first kappa shape index (κ1) is 83.0. The Morgan fingerprint density at radius 2 is 0.914 bits per heavy atom. The zero-order valence-corrected chi connectivity index (χ0v) is 72.2. The van der Waals surface area contributed by atoms with Gasteiger partial charge in [0.2, 0.25) is 11.8 Å². The highest BCUT2D eigenvalue weighted by atomic mass is 35.5. The number of para-hydroxylation sites is 1. The Labute approximate surface area is 681 Å². The van der Waals surface area contributed by atoms with Gasteiger partial charge in [-0.25, -0.2) is 19.9 Å². The largest absolute Gasteiger partial charge is 0.498 e. The summed E-state index contributed by atoms with van der Waals surface area (Å²) in [4.78, 5) is 58.0. The molecule has 0 unspecified atom stereocenters. The number of carbonyl (C=O) groups excluding carboxylic acids is 2. The molecule has 0 aliphatic carbocycles. The lowest BCUT2D eigenvalue weighted by Crippen LogP contribution is -2.41. The van der Waals surface area contributed by atoms with Crippen molar-refractivity contribution in [3.05, 3.63) is 183 Å². The summed E-state index contributed by atoms with van der Waals surface area (Å²) in [5.74, 6) is -0.188. The molecule has 5 N–H and O–H groups in total. The van der Waals surface area contributed by atoms with Gasteiger partial charge in [0.1, 0.15) is 61.0 Å². The fourth-order valence-corrected chi connectivity index (χ4v) is 15.4. The van der Waals surface area contributed by atoms with E-state index in [1.165, 1.54) is 5.39 Å². The van der Waals surface area contributed by atoms with Crippen LogP contribution in [0.15, 0.2) is 178 Å². The molecular formula is C83H101BClN21O7Si3. The van der Waals surface area contributed by atoms with Gasteiger partial charge in [0.15, 0.2) is 0 Å². The number of nitrogens with zero attached hydrogens (tertiary/aromatic N) is 16. The van der Waals surface area contributed by atoms with E-state index in [1.807, 2.05) is 138 Å². The molecule has 0 spiro atoms. The zero-order chi connectivity index (χ0) is 82.1. The third-order valence-corrected chi connectivity index (χ3v) is 25.7. The van der Waals surface area contributed by atoms with Crippen molar-refractivity contribution < 1.29 is 33.1 Å². The third-order valence-electron chi connectivity index (χ3n) is 20.4. The van der Waals surface area contributed by atoms with Crippen LogP contribution < -0.4 is 16.1 Å². The van der Waals surface area contributed by atoms with Gasteiger partial charge in [-0.2, -0.15) is 20.4 Å². The van der Waals surface area contributed by atoms with Gasteiger partial charge in [-0.15, -0.1) is 0 Å². The molecule has 1 fully saturated rings. The summed E-state index contributed by atoms with van der Waals surface area (Å²) in [5, 5.41) is 36.4. The smallest absolute Gasteiger partial charge is 0.399 e. The number of benzene rings is 1. The van der Waals surface area contributed by atoms with Gasteiger partial charge < -0.3 is 52.8 Å². The number of rotatable bonds is 23. The Hall–Kier alpha value is -10.9. The molecule has 0 bridgehead atoms. The van der Waals surface area contributed by atoms with Crippen molar-refractivity contribution in [1.82, 2.24) is 104 Å². The third kappa shape index (κ3) is 19.9. The highest BCUT2D eigenvalue weighted by molar-refractivity contribution is 6.76. The molecule has 602 valence electrons. The number of aromatic amines is 3. The van der Waals surface area contributed by atoms with Crippen molar-refractivity contribution in [3.63, 3.8) is 0 Å². The summed E-state index contributed by atoms with van der Waals surface area (Å²) >= 11 is 6.08. The molecule has 0 saturated carbocycles. The average molecular weight is 1640 g/mol. The fourth-order valence-electron chi connectivity index (χ4n) is 13.0. The number of halogens is 1. The maximum absolute atomic E-state index is 11.6. The second-order valence-corrected chi connectivity index (χ2v) is 50.5. The van der Waals surface area contributed by atoms with E-state index in [-0.39, 0.29) is 43.2 Å². The Kier molecular flexibility index (Phi) is 25.5. The zero-order valence-electron chi connectivity index (χ0n) is 68.5. The highest BCUT2D eigenvalue weighted by Gasteiger charge is 2.52. The number of H-pyrrole nitrogens is 3. The number of aromatic nitrogens is 19. The van der Waals surface area contributed by atoms with Crippen molar-refractivity contribution in [2.24, 2.45) is 0 Å². The van der Waals surface area contributed by atoms with Gasteiger partial charge in [-0.3, -0.25) is 44.1 Å². The highest BCUT2D eigenvalue weighted by Crippen LogP contribution is 2.38. The monoisotopic (exact) mass is 1630 g/mol. The van der Waals surface area contributed by atoms with E-state index in [2.05, 4.69) is 168 Å². The van der Waals surface area contributed by atoms with Gasteiger partial charge in [-0.1, -0.05) is 88.7 Å². The van der Waals surface area contributed by atoms with E-state index in [9.17, 15) is 9.59 Å². The van der Waals surface area contributed by atoms with E-state index < -0.39 is 24.2 Å². The predicted octanol–water partition coefficient (Wildman–Crippen LogP) is 15.4. The van der Waals surface area contributed by atoms with Crippen LogP contribution in [0, 0.1) is 0 Å². The molecule has 0 radical (unpaired) electrons. The molecule has 15 aromatic heterocycles. The minimum absolute atomic E-state index is 0.0915. The quantitative estimate of drug-likeness (QED) is 0.0226. The van der Waals surface area contributed by atoms with Crippen LogP contribution in [0.5, 0.6) is 0 Å². The van der Waals surface area contributed by atoms with Crippen LogP contribution in [-0.2, 0) is 66.4 Å². The molecule has 16 aromatic rings. The Morgan fingerprint density at radius 3 is 1.41 bits per heavy atom. The standard InChI is InChI=1S/C22H28N6O2Si.C19H23N5OSi.C17H21ClN2OSi.C16H14N6O.C9H15BN2O2/c1-23-21(29)14-27-13-16(11-25-27)19-6-5-17-18-12-24-8-7-20(18)28(22(17)26-19)15-30-9-10-31(2,3)4;1-26(2,3)9-8-25-13-24-18-6-7-20-12-16(18)15-4-5-17(23-19(15)24)14-10-21-22-11-14;1-22(2,3)11-10-21-12-20-15-7-5-4-6-13(15)14-8-9-16(18)19-17(14)20;1-17-15(23)9-22-8-10(6-19-22)13-3-2-11-12-7-18-5-4-14(12)21-16(11)20-13;1-8(2)9(3,4)14-10(13-8)7-5-11-12-6-7/h5-8,11-13H,9-10,14-15H2,1-4H3,(H,23,29);4-7,10-12H,8-9,13H2,1-3H3,(H,21,22);4-9H,10-12H2,1-3H3;2-8H,9H2,1H3,(H,17,23)(H,20,21);5-6H,1-4H3,(H,11,12). The Balaban J connectivity index is 0.000000128. The van der Waals surface area contributed by atoms with Crippen molar-refractivity contribution in [2.45, 2.75) is 149 Å². The topological polar surface area (TPSA) is 318 Å². The Morgan fingerprint density at radius 1 is 0.474 bits per heavy atom. The Bertz CT molecular complexity index is 6040. The second-order valence-electron chi connectivity index (χ2n) is 33.2. The molecule has 2 amide bonds. The number of hydrogen-bond donors (Lipinski definition) is 5. The fraction of sp³-hybridized carbons (Fsp3) is 0.337. The number of ether oxygens (including phenoxy) is 3. The second kappa shape index (κ2) is 35.7. The summed E-state index contributed by atoms with van der Waals surface area (Å²) in [5.41, 5.74) is 13.3. The maximum Gasteiger partial charge on any atom is 0.498 e. The van der Waals surface area contributed by atoms with E-state index in [1.54, 1.807) is 66.8 Å². The van der Waals surface area contributed by atoms with E-state index in [4.69, 9.17) is 45.1 Å². The number of hydrogen-bond acceptors (Lipinski definition) is 18. The maximum atomic E-state index is 11.6. The number of likely N-dealkylation sites (N-methyl/N-ethyl adjacent to an activating group) is 2. The first-order valence-electron chi connectivity index (χ1n) is 38.8. The number of carbonyl (C=O) groups is 2. The summed E-state index contributed by atoms with van der Waals surface area (Å²) in [6.45, 7) is 33.5. The first-order chi connectivity index (χ1) is 55.5. The number of fused-ring (bicyclic) bond motifs is 12. The molecule has 116 heavy (non-hydrogen) atoms. The molecule has 1 saturated heterocycles. The van der Waals surface area contributed by atoms with Crippen LogP contribution in [0.3, 0.4) is 0 Å². The van der Waals surface area contributed by atoms with Crippen LogP contribution in [0.25, 0.3) is 122 Å². The molecule has 33 heteroatoms. The minimum atomic E-state index is -1.15. The number of pyridine rings is 7. The van der Waals surface area contributed by atoms with Gasteiger partial charge in [0, 0.05) is 192 Å². The SMILES string of the molecule is CC1(C)OB(c2cn[nH]c2)OC1(C)C.CNC(=O)Cn1cc(-c2ccc3c(n2)[nH]c2ccncc23)cn1.CNC(=O)Cn1cc(-c2ccc3c4cnccc4n(COCC[Si](C)(C)C)c3n2)cn1.C[Si](C)(C)CCOCn1c2ccccc2c2ccc(Cl)nc21.C[Si](C)(C)CCOCn1c2ccncc2c2ccc(-c3cn[nH]c3)nc21. The predicted molar refractivity (Wildman–Crippen MR) is 468 cm³/mol. The van der Waals surface area contributed by atoms with Gasteiger partial charge >= 0.3 is 7.12 Å². The lowest BCUT2D eigenvalue weighted by molar-refractivity contribution is -0.122. The normalized spacial score (nSPS) is 13.4.